The Morgan fingerprint density at radius 1 is 1.21 bits per heavy atom. The van der Waals surface area contributed by atoms with Gasteiger partial charge in [0.2, 0.25) is 2.86 Å². The molecule has 0 aromatic carbocycles. The van der Waals surface area contributed by atoms with E-state index in [-0.39, 0.29) is 12.8 Å². The number of nitrogens with one attached hydrogen (secondary N) is 2. The molecule has 0 aromatic rings. The van der Waals surface area contributed by atoms with Gasteiger partial charge in [0.1, 0.15) is 2.82 Å². The van der Waals surface area contributed by atoms with Gasteiger partial charge in [-0.05, 0) is 12.8 Å². The van der Waals surface area contributed by atoms with Crippen molar-refractivity contribution < 1.29 is 21.3 Å². The maximum atomic E-state index is 8.05. The summed E-state index contributed by atoms with van der Waals surface area (Å²) >= 11 is 0. The average molecular weight is 214 g/mol. The van der Waals surface area contributed by atoms with Crippen LogP contribution in [0.3, 0.4) is 0 Å². The van der Waals surface area contributed by atoms with Crippen LogP contribution in [0.1, 0.15) is 34.9 Å². The minimum atomic E-state index is -2.77. The van der Waals surface area contributed by atoms with Crippen molar-refractivity contribution >= 4 is 0 Å². The largest absolute Gasteiger partial charge is 0.395 e. The van der Waals surface area contributed by atoms with Gasteiger partial charge in [-0.1, -0.05) is 13.8 Å². The summed E-state index contributed by atoms with van der Waals surface area (Å²) in [6, 6.07) is -4.45. The molecule has 14 heavy (non-hydrogen) atoms. The van der Waals surface area contributed by atoms with Gasteiger partial charge in [-0.25, -0.2) is 0 Å². The predicted octanol–water partition coefficient (Wildman–Crippen LogP) is -0.293. The minimum Gasteiger partial charge on any atom is -0.395 e. The Morgan fingerprint density at radius 2 is 1.64 bits per heavy atom. The monoisotopic (exact) mass is 214 g/mol. The van der Waals surface area contributed by atoms with E-state index in [1.54, 1.807) is 0 Å². The van der Waals surface area contributed by atoms with Crippen LogP contribution in [0.5, 0.6) is 0 Å². The van der Waals surface area contributed by atoms with Gasteiger partial charge in [0.05, 0.1) is 18.6 Å². The van der Waals surface area contributed by atoms with E-state index in [9.17, 15) is 0 Å². The van der Waals surface area contributed by atoms with Crippen LogP contribution in [-0.4, -0.2) is 51.3 Å². The number of hydrogen-bond acceptors (Lipinski definition) is 4. The molecule has 0 rings (SSSR count). The molecule has 0 aliphatic carbocycles. The van der Waals surface area contributed by atoms with E-state index >= 15 is 0 Å². The lowest BCUT2D eigenvalue weighted by Crippen LogP contribution is -2.40. The molecule has 0 saturated carbocycles. The van der Waals surface area contributed by atoms with Gasteiger partial charge in [0.25, 0.3) is 0 Å². The zero-order valence-corrected chi connectivity index (χ0v) is 8.54. The molecule has 0 saturated heterocycles. The topological polar surface area (TPSA) is 64.5 Å². The summed E-state index contributed by atoms with van der Waals surface area (Å²) in [5.41, 5.74) is 0. The van der Waals surface area contributed by atoms with E-state index in [1.807, 2.05) is 0 Å². The lowest BCUT2D eigenvalue weighted by Gasteiger charge is -2.17. The second kappa shape index (κ2) is 9.40. The number of aliphatic hydroxyl groups is 2. The molecule has 0 fully saturated rings. The van der Waals surface area contributed by atoms with E-state index in [1.165, 1.54) is 13.8 Å². The predicted molar refractivity (Wildman–Crippen MR) is 58.3 cm³/mol. The zero-order valence-electron chi connectivity index (χ0n) is 18.5. The van der Waals surface area contributed by atoms with Crippen LogP contribution in [0.25, 0.3) is 0 Å². The van der Waals surface area contributed by atoms with E-state index in [4.69, 9.17) is 13.9 Å². The second-order valence-corrected chi connectivity index (χ2v) is 2.57. The highest BCUT2D eigenvalue weighted by atomic mass is 16.3. The summed E-state index contributed by atoms with van der Waals surface area (Å²) in [5, 5.41) is 8.82. The maximum Gasteiger partial charge on any atom is 0.210 e. The molecule has 0 heterocycles. The molecule has 0 spiro atoms. The molecule has 0 aromatic heterocycles. The van der Waals surface area contributed by atoms with Crippen LogP contribution in [0.15, 0.2) is 0 Å². The molecule has 0 amide bonds. The summed E-state index contributed by atoms with van der Waals surface area (Å²) in [7, 11) is 0. The second-order valence-electron chi connectivity index (χ2n) is 2.57. The lowest BCUT2D eigenvalue weighted by atomic mass is 10.2. The fraction of sp³-hybridized carbons (Fsp3) is 1.00. The smallest absolute Gasteiger partial charge is 0.210 e. The van der Waals surface area contributed by atoms with Crippen LogP contribution >= 0.6 is 0 Å². The third-order valence-corrected chi connectivity index (χ3v) is 1.61. The third kappa shape index (κ3) is 6.32. The SMILES string of the molecule is [2H]OC([2H])([2H])[C@@]([2H])(CC)N([2H])CCN([2H])[C@]([2H])(CC)C([2H])([2H])O[2H]. The van der Waals surface area contributed by atoms with E-state index in [0.717, 1.165) is 0 Å². The summed E-state index contributed by atoms with van der Waals surface area (Å²) in [4.78, 5) is 0. The number of rotatable bonds is 11. The molecule has 4 nitrogen and oxygen atoms in total. The van der Waals surface area contributed by atoms with Gasteiger partial charge in [-0.2, -0.15) is 0 Å². The summed E-state index contributed by atoms with van der Waals surface area (Å²) in [5.74, 6) is 0. The highest BCUT2D eigenvalue weighted by Crippen LogP contribution is 1.89. The van der Waals surface area contributed by atoms with Gasteiger partial charge < -0.3 is 20.8 Å². The molecular formula is C10H24N2O2. The summed E-state index contributed by atoms with van der Waals surface area (Å²) in [6.45, 7) is -3.43. The first-order valence-electron chi connectivity index (χ1n) is 9.32. The van der Waals surface area contributed by atoms with Gasteiger partial charge in [-0.3, -0.25) is 0 Å². The Labute approximate surface area is 101 Å². The fourth-order valence-electron chi connectivity index (χ4n) is 0.802. The first-order valence-corrected chi connectivity index (χ1v) is 4.61. The van der Waals surface area contributed by atoms with Gasteiger partial charge in [0, 0.05) is 27.9 Å². The molecule has 0 bridgehead atoms. The van der Waals surface area contributed by atoms with E-state index in [2.05, 4.69) is 10.2 Å². The molecule has 4 heteroatoms. The van der Waals surface area contributed by atoms with E-state index < -0.39 is 38.2 Å². The van der Waals surface area contributed by atoms with Gasteiger partial charge >= 0.3 is 0 Å². The Balaban J connectivity index is 5.18. The van der Waals surface area contributed by atoms with Crippen molar-refractivity contribution in [2.75, 3.05) is 26.2 Å². The highest BCUT2D eigenvalue weighted by molar-refractivity contribution is 4.67. The molecule has 0 unspecified atom stereocenters. The van der Waals surface area contributed by atoms with Crippen molar-refractivity contribution in [3.05, 3.63) is 0 Å². The molecule has 0 radical (unpaired) electrons. The first kappa shape index (κ1) is 4.37. The van der Waals surface area contributed by atoms with Crippen molar-refractivity contribution in [2.24, 2.45) is 0 Å². The van der Waals surface area contributed by atoms with Gasteiger partial charge in [0.15, 0.2) is 0 Å². The van der Waals surface area contributed by atoms with Crippen molar-refractivity contribution in [1.82, 2.24) is 10.6 Å². The molecule has 86 valence electrons. The average Bonchev–Trinajstić information content (AvgIpc) is 2.56. The Hall–Kier alpha value is -0.160. The maximum absolute atomic E-state index is 8.05. The third-order valence-electron chi connectivity index (χ3n) is 1.61. The first-order chi connectivity index (χ1) is 10.8. The van der Waals surface area contributed by atoms with Crippen molar-refractivity contribution in [1.29, 1.82) is 2.86 Å². The fourth-order valence-corrected chi connectivity index (χ4v) is 0.802. The zero-order chi connectivity index (χ0) is 19.4. The standard InChI is InChI=1S/C10H24N2O2/c1-3-9(7-13)11-5-6-12-10(4-2)8-14/h9-14H,3-8H2,1-2H3/t9-,10-/m1/s1/i7D2,8D2,9D,10D,13D,14D/hD2. The van der Waals surface area contributed by atoms with Crippen LogP contribution in [0, 0.1) is 0 Å². The number of hydrogen-bond donors (Lipinski definition) is 4. The van der Waals surface area contributed by atoms with E-state index in [0.29, 0.717) is 10.6 Å². The van der Waals surface area contributed by atoms with Crippen LogP contribution in [0.4, 0.5) is 0 Å². The summed E-state index contributed by atoms with van der Waals surface area (Å²) < 4.78 is 75.4. The Morgan fingerprint density at radius 3 is 1.93 bits per heavy atom. The van der Waals surface area contributed by atoms with Crippen molar-refractivity contribution in [3.63, 3.8) is 0 Å². The normalized spacial score (nSPS) is 32.9. The molecular weight excluding hydrogens is 180 g/mol. The highest BCUT2D eigenvalue weighted by Gasteiger charge is 2.04. The molecule has 2 atom stereocenters. The van der Waals surface area contributed by atoms with Crippen LogP contribution in [-0.2, 0) is 0 Å². The van der Waals surface area contributed by atoms with Crippen molar-refractivity contribution in [2.45, 2.75) is 38.7 Å². The summed E-state index contributed by atoms with van der Waals surface area (Å²) in [6.07, 6.45) is -0.367. The van der Waals surface area contributed by atoms with Crippen LogP contribution < -0.4 is 10.6 Å². The quantitative estimate of drug-likeness (QED) is 0.382. The molecule has 4 N–H and O–H groups in total. The Kier molecular flexibility index (Phi) is 2.94. The lowest BCUT2D eigenvalue weighted by molar-refractivity contribution is 0.229. The van der Waals surface area contributed by atoms with Crippen molar-refractivity contribution in [3.8, 4) is 0 Å². The van der Waals surface area contributed by atoms with Crippen LogP contribution in [0.2, 0.25) is 2.82 Å². The Bertz CT molecular complexity index is 368. The van der Waals surface area contributed by atoms with Gasteiger partial charge in [-0.15, -0.1) is 0 Å². The minimum absolute atomic E-state index is 0.184. The molecule has 0 aliphatic rings. The molecule has 0 aliphatic heterocycles.